The third-order valence-electron chi connectivity index (χ3n) is 2.59. The first-order valence-electron chi connectivity index (χ1n) is 6.10. The van der Waals surface area contributed by atoms with Gasteiger partial charge < -0.3 is 11.1 Å². The van der Waals surface area contributed by atoms with E-state index in [2.05, 4.69) is 27.6 Å². The molecule has 0 saturated carbocycles. The van der Waals surface area contributed by atoms with Gasteiger partial charge in [0.25, 0.3) is 0 Å². The van der Waals surface area contributed by atoms with E-state index >= 15 is 0 Å². The number of amides is 1. The second-order valence-corrected chi connectivity index (χ2v) is 7.87. The molecule has 1 amide bonds. The van der Waals surface area contributed by atoms with Crippen LogP contribution in [-0.2, 0) is 4.79 Å². The van der Waals surface area contributed by atoms with Gasteiger partial charge in [0.15, 0.2) is 0 Å². The maximum Gasteiger partial charge on any atom is 0.219 e. The number of nitrogens with two attached hydrogens (primary N) is 1. The molecular formula is C12H27N2OPS. The first-order chi connectivity index (χ1) is 7.66. The average molecular weight is 278 g/mol. The van der Waals surface area contributed by atoms with Crippen molar-refractivity contribution in [1.82, 2.24) is 5.32 Å². The lowest BCUT2D eigenvalue weighted by molar-refractivity contribution is -0.121. The van der Waals surface area contributed by atoms with Crippen LogP contribution in [0.3, 0.4) is 0 Å². The maximum atomic E-state index is 11.5. The summed E-state index contributed by atoms with van der Waals surface area (Å²) in [4.78, 5) is 11.5. The van der Waals surface area contributed by atoms with E-state index in [9.17, 15) is 4.79 Å². The highest BCUT2D eigenvalue weighted by atomic mass is 32.7. The first-order valence-corrected chi connectivity index (χ1v) is 8.39. The van der Waals surface area contributed by atoms with E-state index in [4.69, 9.17) is 5.73 Å². The molecule has 0 aromatic carbocycles. The third-order valence-corrected chi connectivity index (χ3v) is 5.35. The summed E-state index contributed by atoms with van der Waals surface area (Å²) < 4.78 is 0.206. The molecule has 0 aliphatic heterocycles. The SMILES string of the molecule is CC(C)(N)CCCC(=O)NCCC(C)(C)SP. The molecule has 0 aliphatic carbocycles. The fourth-order valence-electron chi connectivity index (χ4n) is 1.35. The fourth-order valence-corrected chi connectivity index (χ4v) is 1.93. The molecule has 102 valence electrons. The Balaban J connectivity index is 3.61. The van der Waals surface area contributed by atoms with Crippen LogP contribution in [0.2, 0.25) is 0 Å². The minimum atomic E-state index is -0.168. The molecule has 0 spiro atoms. The van der Waals surface area contributed by atoms with Crippen molar-refractivity contribution >= 4 is 25.7 Å². The Labute approximate surface area is 112 Å². The summed E-state index contributed by atoms with van der Waals surface area (Å²) in [5.74, 6) is 0.138. The van der Waals surface area contributed by atoms with Gasteiger partial charge in [-0.05, 0) is 33.1 Å². The van der Waals surface area contributed by atoms with E-state index in [0.29, 0.717) is 6.42 Å². The van der Waals surface area contributed by atoms with Crippen LogP contribution >= 0.6 is 19.8 Å². The highest BCUT2D eigenvalue weighted by Gasteiger charge is 2.16. The topological polar surface area (TPSA) is 55.1 Å². The number of hydrogen-bond donors (Lipinski definition) is 2. The van der Waals surface area contributed by atoms with Crippen LogP contribution in [0.4, 0.5) is 0 Å². The van der Waals surface area contributed by atoms with Crippen LogP contribution in [0.1, 0.15) is 53.4 Å². The van der Waals surface area contributed by atoms with E-state index < -0.39 is 0 Å². The zero-order chi connectivity index (χ0) is 13.5. The number of hydrogen-bond acceptors (Lipinski definition) is 3. The Hall–Kier alpha value is 0.210. The van der Waals surface area contributed by atoms with Gasteiger partial charge in [0.2, 0.25) is 5.91 Å². The molecule has 0 heterocycles. The quantitative estimate of drug-likeness (QED) is 0.671. The summed E-state index contributed by atoms with van der Waals surface area (Å²) in [6, 6.07) is 0. The van der Waals surface area contributed by atoms with Crippen molar-refractivity contribution in [3.8, 4) is 0 Å². The molecule has 3 nitrogen and oxygen atoms in total. The molecule has 0 rings (SSSR count). The van der Waals surface area contributed by atoms with Crippen molar-refractivity contribution in [2.75, 3.05) is 6.54 Å². The van der Waals surface area contributed by atoms with E-state index in [1.165, 1.54) is 0 Å². The van der Waals surface area contributed by atoms with Gasteiger partial charge in [-0.1, -0.05) is 22.3 Å². The Morgan fingerprint density at radius 2 is 1.88 bits per heavy atom. The molecule has 17 heavy (non-hydrogen) atoms. The number of carbonyl (C=O) groups excluding carboxylic acids is 1. The summed E-state index contributed by atoms with van der Waals surface area (Å²) in [5, 5.41) is 2.96. The summed E-state index contributed by atoms with van der Waals surface area (Å²) in [6.07, 6.45) is 3.30. The minimum Gasteiger partial charge on any atom is -0.356 e. The zero-order valence-electron chi connectivity index (χ0n) is 11.5. The fraction of sp³-hybridized carbons (Fsp3) is 0.917. The van der Waals surface area contributed by atoms with E-state index in [-0.39, 0.29) is 16.2 Å². The lowest BCUT2D eigenvalue weighted by Gasteiger charge is -2.21. The van der Waals surface area contributed by atoms with Gasteiger partial charge >= 0.3 is 0 Å². The molecular weight excluding hydrogens is 251 g/mol. The van der Waals surface area contributed by atoms with E-state index in [0.717, 1.165) is 25.8 Å². The van der Waals surface area contributed by atoms with Crippen molar-refractivity contribution in [1.29, 1.82) is 0 Å². The smallest absolute Gasteiger partial charge is 0.219 e. The van der Waals surface area contributed by atoms with Crippen LogP contribution in [0.25, 0.3) is 0 Å². The monoisotopic (exact) mass is 278 g/mol. The highest BCUT2D eigenvalue weighted by Crippen LogP contribution is 2.32. The van der Waals surface area contributed by atoms with Crippen LogP contribution in [0.5, 0.6) is 0 Å². The van der Waals surface area contributed by atoms with Gasteiger partial charge in [-0.15, -0.1) is 11.4 Å². The molecule has 0 aromatic heterocycles. The molecule has 1 unspecified atom stereocenters. The Kier molecular flexibility index (Phi) is 7.70. The predicted molar refractivity (Wildman–Crippen MR) is 81.1 cm³/mol. The summed E-state index contributed by atoms with van der Waals surface area (Å²) in [6.45, 7) is 9.08. The predicted octanol–water partition coefficient (Wildman–Crippen LogP) is 2.70. The molecule has 5 heteroatoms. The Morgan fingerprint density at radius 3 is 2.35 bits per heavy atom. The van der Waals surface area contributed by atoms with E-state index in [1.54, 1.807) is 11.4 Å². The lowest BCUT2D eigenvalue weighted by Crippen LogP contribution is -2.33. The first kappa shape index (κ1) is 17.2. The van der Waals surface area contributed by atoms with Crippen molar-refractivity contribution in [2.45, 2.75) is 63.7 Å². The summed E-state index contributed by atoms with van der Waals surface area (Å²) in [7, 11) is 2.68. The Morgan fingerprint density at radius 1 is 1.29 bits per heavy atom. The second-order valence-electron chi connectivity index (χ2n) is 5.82. The highest BCUT2D eigenvalue weighted by molar-refractivity contribution is 8.44. The second kappa shape index (κ2) is 7.60. The molecule has 0 fully saturated rings. The molecule has 3 N–H and O–H groups in total. The van der Waals surface area contributed by atoms with Crippen molar-refractivity contribution in [3.05, 3.63) is 0 Å². The van der Waals surface area contributed by atoms with Crippen molar-refractivity contribution < 1.29 is 4.79 Å². The minimum absolute atomic E-state index is 0.138. The third kappa shape index (κ3) is 11.1. The Bertz CT molecular complexity index is 239. The average Bonchev–Trinajstić information content (AvgIpc) is 2.15. The van der Waals surface area contributed by atoms with Gasteiger partial charge in [0.05, 0.1) is 0 Å². The molecule has 0 aromatic rings. The molecule has 0 aliphatic rings. The van der Waals surface area contributed by atoms with Crippen LogP contribution < -0.4 is 11.1 Å². The molecule has 0 bridgehead atoms. The van der Waals surface area contributed by atoms with E-state index in [1.807, 2.05) is 13.8 Å². The lowest BCUT2D eigenvalue weighted by atomic mass is 9.99. The molecule has 0 radical (unpaired) electrons. The molecule has 0 saturated heterocycles. The maximum absolute atomic E-state index is 11.5. The van der Waals surface area contributed by atoms with Gasteiger partial charge in [-0.3, -0.25) is 4.79 Å². The number of nitrogens with one attached hydrogen (secondary N) is 1. The number of rotatable bonds is 8. The van der Waals surface area contributed by atoms with Gasteiger partial charge in [0.1, 0.15) is 0 Å². The van der Waals surface area contributed by atoms with Gasteiger partial charge in [0, 0.05) is 23.3 Å². The largest absolute Gasteiger partial charge is 0.356 e. The summed E-state index contributed by atoms with van der Waals surface area (Å²) >= 11 is 1.75. The standard InChI is InChI=1S/C12H27N2OPS/c1-11(2,13)7-5-6-10(15)14-9-8-12(3,4)17-16/h5-9,13,16H2,1-4H3,(H,14,15). The van der Waals surface area contributed by atoms with Gasteiger partial charge in [-0.25, -0.2) is 0 Å². The summed E-state index contributed by atoms with van der Waals surface area (Å²) in [5.41, 5.74) is 5.69. The zero-order valence-corrected chi connectivity index (χ0v) is 13.5. The normalized spacial score (nSPS) is 12.6. The van der Waals surface area contributed by atoms with Crippen LogP contribution in [0, 0.1) is 0 Å². The van der Waals surface area contributed by atoms with Crippen LogP contribution in [-0.4, -0.2) is 22.7 Å². The van der Waals surface area contributed by atoms with Crippen molar-refractivity contribution in [2.24, 2.45) is 5.73 Å². The number of carbonyl (C=O) groups is 1. The molecule has 1 atom stereocenters. The van der Waals surface area contributed by atoms with Gasteiger partial charge in [-0.2, -0.15) is 0 Å². The van der Waals surface area contributed by atoms with Crippen molar-refractivity contribution in [3.63, 3.8) is 0 Å². The van der Waals surface area contributed by atoms with Crippen LogP contribution in [0.15, 0.2) is 0 Å².